The Morgan fingerprint density at radius 1 is 0.800 bits per heavy atom. The van der Waals surface area contributed by atoms with Crippen LogP contribution in [-0.4, -0.2) is 42.2 Å². The SMILES string of the molecule is C[C@@H]1CCCCN1S(=O)(=O)N1CCC[C@@H]1C1CCCC1. The number of piperidine rings is 1. The molecule has 0 unspecified atom stereocenters. The minimum absolute atomic E-state index is 0.179. The lowest BCUT2D eigenvalue weighted by molar-refractivity contribution is 0.222. The molecule has 0 aromatic rings. The Bertz CT molecular complexity index is 431. The van der Waals surface area contributed by atoms with Crippen molar-refractivity contribution in [2.45, 2.75) is 76.8 Å². The first-order valence-electron chi connectivity index (χ1n) is 8.39. The molecule has 1 saturated carbocycles. The quantitative estimate of drug-likeness (QED) is 0.804. The molecule has 3 rings (SSSR count). The average Bonchev–Trinajstić information content (AvgIpc) is 3.10. The van der Waals surface area contributed by atoms with E-state index in [0.29, 0.717) is 5.92 Å². The number of hydrogen-bond donors (Lipinski definition) is 0. The van der Waals surface area contributed by atoms with Crippen molar-refractivity contribution in [3.63, 3.8) is 0 Å². The van der Waals surface area contributed by atoms with Gasteiger partial charge in [-0.1, -0.05) is 19.3 Å². The van der Waals surface area contributed by atoms with E-state index in [2.05, 4.69) is 6.92 Å². The van der Waals surface area contributed by atoms with Crippen molar-refractivity contribution in [2.75, 3.05) is 13.1 Å². The van der Waals surface area contributed by atoms with E-state index in [4.69, 9.17) is 0 Å². The number of hydrogen-bond acceptors (Lipinski definition) is 2. The third kappa shape index (κ3) is 2.64. The predicted octanol–water partition coefficient (Wildman–Crippen LogP) is 2.76. The second-order valence-electron chi connectivity index (χ2n) is 6.83. The van der Waals surface area contributed by atoms with E-state index in [1.54, 1.807) is 4.31 Å². The van der Waals surface area contributed by atoms with E-state index in [-0.39, 0.29) is 12.1 Å². The van der Waals surface area contributed by atoms with Crippen LogP contribution in [0.5, 0.6) is 0 Å². The molecule has 2 atom stereocenters. The van der Waals surface area contributed by atoms with Gasteiger partial charge in [-0.15, -0.1) is 0 Å². The van der Waals surface area contributed by atoms with Crippen LogP contribution < -0.4 is 0 Å². The monoisotopic (exact) mass is 300 g/mol. The van der Waals surface area contributed by atoms with Gasteiger partial charge in [0, 0.05) is 25.2 Å². The summed E-state index contributed by atoms with van der Waals surface area (Å²) in [5.41, 5.74) is 0. The molecule has 0 amide bonds. The molecule has 0 spiro atoms. The van der Waals surface area contributed by atoms with E-state index < -0.39 is 10.2 Å². The topological polar surface area (TPSA) is 40.6 Å². The Morgan fingerprint density at radius 2 is 1.45 bits per heavy atom. The summed E-state index contributed by atoms with van der Waals surface area (Å²) in [5.74, 6) is 0.618. The summed E-state index contributed by atoms with van der Waals surface area (Å²) in [7, 11) is -3.23. The summed E-state index contributed by atoms with van der Waals surface area (Å²) in [6.45, 7) is 3.53. The van der Waals surface area contributed by atoms with Crippen molar-refractivity contribution in [1.29, 1.82) is 0 Å². The summed E-state index contributed by atoms with van der Waals surface area (Å²) in [6.07, 6.45) is 10.4. The van der Waals surface area contributed by atoms with Crippen molar-refractivity contribution in [3.05, 3.63) is 0 Å². The Balaban J connectivity index is 1.78. The molecule has 1 aliphatic carbocycles. The third-order valence-electron chi connectivity index (χ3n) is 5.53. The normalized spacial score (nSPS) is 34.9. The van der Waals surface area contributed by atoms with Crippen LogP contribution in [0.25, 0.3) is 0 Å². The summed E-state index contributed by atoms with van der Waals surface area (Å²) in [5, 5.41) is 0. The van der Waals surface area contributed by atoms with Crippen LogP contribution in [0.4, 0.5) is 0 Å². The maximum absolute atomic E-state index is 13.0. The van der Waals surface area contributed by atoms with Gasteiger partial charge in [0.1, 0.15) is 0 Å². The smallest absolute Gasteiger partial charge is 0.195 e. The van der Waals surface area contributed by atoms with Crippen molar-refractivity contribution in [1.82, 2.24) is 8.61 Å². The molecule has 0 aromatic carbocycles. The zero-order valence-corrected chi connectivity index (χ0v) is 13.4. The number of nitrogens with zero attached hydrogens (tertiary/aromatic N) is 2. The maximum atomic E-state index is 13.0. The lowest BCUT2D eigenvalue weighted by Gasteiger charge is -2.38. The zero-order chi connectivity index (χ0) is 14.2. The molecule has 4 nitrogen and oxygen atoms in total. The van der Waals surface area contributed by atoms with Crippen molar-refractivity contribution in [2.24, 2.45) is 5.92 Å². The molecule has 3 fully saturated rings. The Kier molecular flexibility index (Phi) is 4.39. The lowest BCUT2D eigenvalue weighted by Crippen LogP contribution is -2.52. The molecule has 2 aliphatic heterocycles. The predicted molar refractivity (Wildman–Crippen MR) is 80.6 cm³/mol. The Morgan fingerprint density at radius 3 is 2.15 bits per heavy atom. The minimum atomic E-state index is -3.23. The van der Waals surface area contributed by atoms with Gasteiger partial charge in [-0.2, -0.15) is 17.0 Å². The van der Waals surface area contributed by atoms with Gasteiger partial charge >= 0.3 is 0 Å². The van der Waals surface area contributed by atoms with Crippen LogP contribution in [-0.2, 0) is 10.2 Å². The maximum Gasteiger partial charge on any atom is 0.282 e. The number of rotatable bonds is 3. The molecule has 0 radical (unpaired) electrons. The first-order chi connectivity index (χ1) is 9.60. The van der Waals surface area contributed by atoms with Crippen LogP contribution in [0.3, 0.4) is 0 Å². The molecule has 2 heterocycles. The van der Waals surface area contributed by atoms with E-state index >= 15 is 0 Å². The fourth-order valence-electron chi connectivity index (χ4n) is 4.41. The van der Waals surface area contributed by atoms with E-state index in [1.807, 2.05) is 4.31 Å². The fraction of sp³-hybridized carbons (Fsp3) is 1.00. The highest BCUT2D eigenvalue weighted by molar-refractivity contribution is 7.86. The van der Waals surface area contributed by atoms with E-state index in [0.717, 1.165) is 38.8 Å². The highest BCUT2D eigenvalue weighted by Crippen LogP contribution is 2.38. The van der Waals surface area contributed by atoms with Gasteiger partial charge in [0.15, 0.2) is 0 Å². The van der Waals surface area contributed by atoms with E-state index in [1.165, 1.54) is 32.1 Å². The summed E-state index contributed by atoms with van der Waals surface area (Å²) < 4.78 is 29.7. The molecule has 0 bridgehead atoms. The fourth-order valence-corrected chi connectivity index (χ4v) is 6.58. The summed E-state index contributed by atoms with van der Waals surface area (Å²) in [6, 6.07) is 0.468. The Labute approximate surface area is 123 Å². The molecule has 0 N–H and O–H groups in total. The van der Waals surface area contributed by atoms with Crippen molar-refractivity contribution in [3.8, 4) is 0 Å². The van der Waals surface area contributed by atoms with Gasteiger partial charge in [-0.3, -0.25) is 0 Å². The molecular formula is C15H28N2O2S. The second-order valence-corrected chi connectivity index (χ2v) is 8.66. The summed E-state index contributed by atoms with van der Waals surface area (Å²) >= 11 is 0. The van der Waals surface area contributed by atoms with E-state index in [9.17, 15) is 8.42 Å². The van der Waals surface area contributed by atoms with Gasteiger partial charge in [-0.05, 0) is 51.4 Å². The minimum Gasteiger partial charge on any atom is -0.195 e. The summed E-state index contributed by atoms with van der Waals surface area (Å²) in [4.78, 5) is 0. The highest BCUT2D eigenvalue weighted by Gasteiger charge is 2.43. The Hall–Kier alpha value is -0.130. The first-order valence-corrected chi connectivity index (χ1v) is 9.79. The average molecular weight is 300 g/mol. The molecular weight excluding hydrogens is 272 g/mol. The van der Waals surface area contributed by atoms with Crippen LogP contribution in [0, 0.1) is 5.92 Å². The highest BCUT2D eigenvalue weighted by atomic mass is 32.2. The van der Waals surface area contributed by atoms with Crippen LogP contribution in [0.2, 0.25) is 0 Å². The molecule has 2 saturated heterocycles. The molecule has 3 aliphatic rings. The largest absolute Gasteiger partial charge is 0.282 e. The van der Waals surface area contributed by atoms with Gasteiger partial charge in [0.25, 0.3) is 10.2 Å². The van der Waals surface area contributed by atoms with Crippen LogP contribution >= 0.6 is 0 Å². The van der Waals surface area contributed by atoms with Gasteiger partial charge in [0.05, 0.1) is 0 Å². The van der Waals surface area contributed by atoms with Crippen LogP contribution in [0.1, 0.15) is 64.7 Å². The third-order valence-corrected chi connectivity index (χ3v) is 7.71. The molecule has 116 valence electrons. The first kappa shape index (κ1) is 14.8. The standard InChI is InChI=1S/C15H28N2O2S/c1-13-7-4-5-11-16(13)20(18,19)17-12-6-10-15(17)14-8-2-3-9-14/h13-15H,2-12H2,1H3/t13-,15-/m1/s1. The van der Waals surface area contributed by atoms with Gasteiger partial charge in [-0.25, -0.2) is 0 Å². The van der Waals surface area contributed by atoms with Gasteiger partial charge in [0.2, 0.25) is 0 Å². The molecule has 5 heteroatoms. The second kappa shape index (κ2) is 5.93. The lowest BCUT2D eigenvalue weighted by atomic mass is 9.97. The van der Waals surface area contributed by atoms with Crippen LogP contribution in [0.15, 0.2) is 0 Å². The van der Waals surface area contributed by atoms with Crippen molar-refractivity contribution < 1.29 is 8.42 Å². The van der Waals surface area contributed by atoms with Crippen molar-refractivity contribution >= 4 is 10.2 Å². The zero-order valence-electron chi connectivity index (χ0n) is 12.6. The molecule has 0 aromatic heterocycles. The molecule has 20 heavy (non-hydrogen) atoms. The van der Waals surface area contributed by atoms with Gasteiger partial charge < -0.3 is 0 Å².